The summed E-state index contributed by atoms with van der Waals surface area (Å²) < 4.78 is 77.2. The number of esters is 2. The highest BCUT2D eigenvalue weighted by atomic mass is 16.8. The van der Waals surface area contributed by atoms with Gasteiger partial charge in [0, 0.05) is 33.2 Å². The van der Waals surface area contributed by atoms with Crippen LogP contribution in [0.1, 0.15) is 26.0 Å². The van der Waals surface area contributed by atoms with Crippen LogP contribution in [0.25, 0.3) is 0 Å². The molecular weight excluding hydrogens is 1250 g/mol. The van der Waals surface area contributed by atoms with E-state index in [1.54, 1.807) is 0 Å². The molecule has 94 heavy (non-hydrogen) atoms. The average molecular weight is 1330 g/mol. The minimum absolute atomic E-state index is 0.00762. The molecule has 40 heteroatoms. The Kier molecular flexibility index (Phi) is 31.4. The summed E-state index contributed by atoms with van der Waals surface area (Å²) in [5.41, 5.74) is 23.1. The molecule has 0 aliphatic carbocycles. The Balaban J connectivity index is 1.20. The number of nitrogens with zero attached hydrogens (tertiary/aromatic N) is 8. The number of guanidine groups is 2. The maximum atomic E-state index is 13.9. The van der Waals surface area contributed by atoms with E-state index in [1.165, 1.54) is 48.0 Å². The van der Waals surface area contributed by atoms with Crippen molar-refractivity contribution >= 4 is 77.6 Å². The molecule has 0 unspecified atom stereocenters. The third kappa shape index (κ3) is 25.3. The van der Waals surface area contributed by atoms with Gasteiger partial charge in [0.1, 0.15) is 50.9 Å². The maximum absolute atomic E-state index is 13.9. The van der Waals surface area contributed by atoms with E-state index in [0.717, 1.165) is 14.2 Å². The first-order valence-corrected chi connectivity index (χ1v) is 28.9. The van der Waals surface area contributed by atoms with Crippen LogP contribution in [0.2, 0.25) is 0 Å². The summed E-state index contributed by atoms with van der Waals surface area (Å²) in [6.07, 6.45) is 0.238. The first-order valence-electron chi connectivity index (χ1n) is 28.9. The van der Waals surface area contributed by atoms with Crippen LogP contribution in [-0.4, -0.2) is 278 Å². The van der Waals surface area contributed by atoms with Crippen molar-refractivity contribution in [3.05, 3.63) is 35.6 Å². The van der Waals surface area contributed by atoms with Gasteiger partial charge in [0.05, 0.1) is 129 Å². The second-order valence-corrected chi connectivity index (χ2v) is 20.2. The molecule has 518 valence electrons. The predicted molar refractivity (Wildman–Crippen MR) is 319 cm³/mol. The Morgan fingerprint density at radius 3 is 1.67 bits per heavy atom. The van der Waals surface area contributed by atoms with Gasteiger partial charge in [-0.25, -0.2) is 29.2 Å². The van der Waals surface area contributed by atoms with Gasteiger partial charge in [-0.1, -0.05) is 11.1 Å². The molecule has 2 saturated heterocycles. The predicted octanol–water partition coefficient (Wildman–Crippen LogP) is -6.64. The van der Waals surface area contributed by atoms with Crippen molar-refractivity contribution in [2.75, 3.05) is 120 Å². The second-order valence-electron chi connectivity index (χ2n) is 20.2. The van der Waals surface area contributed by atoms with E-state index in [1.807, 2.05) is 0 Å². The second kappa shape index (κ2) is 39.4. The summed E-state index contributed by atoms with van der Waals surface area (Å²) in [5, 5.41) is 22.8. The van der Waals surface area contributed by atoms with Crippen LogP contribution >= 0.6 is 0 Å². The fourth-order valence-corrected chi connectivity index (χ4v) is 9.17. The Morgan fingerprint density at radius 2 is 1.22 bits per heavy atom. The van der Waals surface area contributed by atoms with Crippen LogP contribution in [-0.2, 0) is 113 Å². The van der Waals surface area contributed by atoms with E-state index in [2.05, 4.69) is 57.6 Å². The monoisotopic (exact) mass is 1330 g/mol. The molecule has 0 bridgehead atoms. The molecule has 0 aromatic carbocycles. The van der Waals surface area contributed by atoms with Crippen LogP contribution in [0.15, 0.2) is 49.9 Å². The zero-order valence-electron chi connectivity index (χ0n) is 51.9. The lowest BCUT2D eigenvalue weighted by atomic mass is 9.92. The van der Waals surface area contributed by atoms with E-state index in [9.17, 15) is 43.2 Å². The number of aliphatic imine (C=N–C) groups is 3. The van der Waals surface area contributed by atoms with Crippen molar-refractivity contribution in [1.82, 2.24) is 41.2 Å². The van der Waals surface area contributed by atoms with E-state index in [-0.39, 0.29) is 109 Å². The zero-order valence-corrected chi connectivity index (χ0v) is 51.9. The fraction of sp³-hybridized carbons (Fsp3) is 0.611. The quantitative estimate of drug-likeness (QED) is 0.00431. The van der Waals surface area contributed by atoms with Crippen LogP contribution in [0, 0.1) is 12.3 Å². The molecule has 14 N–H and O–H groups in total. The number of hydrogen-bond acceptors (Lipinski definition) is 30. The van der Waals surface area contributed by atoms with Crippen LogP contribution in [0.3, 0.4) is 0 Å². The number of rotatable bonds is 40. The van der Waals surface area contributed by atoms with Gasteiger partial charge in [0.25, 0.3) is 0 Å². The molecule has 5 amide bonds. The minimum atomic E-state index is -1.39. The maximum Gasteiger partial charge on any atom is 0.508 e. The van der Waals surface area contributed by atoms with Crippen molar-refractivity contribution < 1.29 is 109 Å². The smallest absolute Gasteiger partial charge is 0.478 e. The van der Waals surface area contributed by atoms with Crippen molar-refractivity contribution in [3.63, 3.8) is 0 Å². The van der Waals surface area contributed by atoms with E-state index in [0.29, 0.717) is 25.5 Å². The molecule has 0 spiro atoms. The molecule has 2 fully saturated rings. The lowest BCUT2D eigenvalue weighted by molar-refractivity contribution is -0.155. The third-order valence-corrected chi connectivity index (χ3v) is 13.2. The van der Waals surface area contributed by atoms with Gasteiger partial charge in [-0.3, -0.25) is 33.6 Å². The van der Waals surface area contributed by atoms with Crippen LogP contribution < -0.4 is 50.0 Å². The van der Waals surface area contributed by atoms with Gasteiger partial charge < -0.3 is 121 Å². The van der Waals surface area contributed by atoms with Crippen LogP contribution in [0.4, 0.5) is 9.59 Å². The average Bonchev–Trinajstić information content (AvgIpc) is 1.09. The molecule has 4 aliphatic heterocycles. The normalized spacial score (nSPS) is 21.3. The lowest BCUT2D eigenvalue weighted by Crippen LogP contribution is -2.60. The Labute approximate surface area is 537 Å². The summed E-state index contributed by atoms with van der Waals surface area (Å²) in [6.45, 7) is 1.73. The first kappa shape index (κ1) is 74.8. The molecule has 1 aromatic heterocycles. The highest BCUT2D eigenvalue weighted by Crippen LogP contribution is 2.31. The van der Waals surface area contributed by atoms with Gasteiger partial charge in [0.15, 0.2) is 36.3 Å². The molecule has 40 nitrogen and oxygen atoms in total. The highest BCUT2D eigenvalue weighted by Gasteiger charge is 2.51. The molecule has 4 aliphatic rings. The summed E-state index contributed by atoms with van der Waals surface area (Å²) in [6, 6.07) is -4.54. The Morgan fingerprint density at radius 1 is 0.734 bits per heavy atom. The summed E-state index contributed by atoms with van der Waals surface area (Å²) in [7, 11) is 2.19. The number of aromatic nitrogens is 3. The van der Waals surface area contributed by atoms with Crippen molar-refractivity contribution in [1.29, 1.82) is 0 Å². The summed E-state index contributed by atoms with van der Waals surface area (Å²) in [5.74, 6) is 1.81. The number of methoxy groups -OCH3 is 2. The molecule has 0 radical (unpaired) electrons. The number of hydrogen-bond donors (Lipinski definition) is 9. The van der Waals surface area contributed by atoms with E-state index < -0.39 is 140 Å². The number of amides is 5. The number of hydrazone groups is 1. The standard InChI is InChI=1S/C54H79N17O23/c1-6-12-83-14-16-85-18-19-86-17-15-84-13-7-42(76)70(23-32(67-59)22-60-8-9-61-40(74)28-87-45(38-26-89-53(79)93-38)47-43(63-30(2)72)34(65-51(55)56)20-36(91-47)49(77)81-4)24-33-25-71(69-68-33)11-10-62-41(75)29-88-46(39-27-90-54(80)94-39)48-44(64-31(3)73)35(66-52(57)58)21-37(92-48)50(78)82-5/h1,20-22,25,34-35,38-39,43-48H,7-19,23-24,26-29,59H2,2-5H3,(H,61,74)(H,62,75)(H,63,72)(H,64,73)(H4,55,56,65)(H4,57,58,66)/t34-,35-,38+,39+,43+,44+,45+,46+,47+,48+/m0/s1. The number of nitrogens with two attached hydrogens (primary N) is 5. The number of terminal acetylenes is 1. The number of carbonyl (C=O) groups excluding carboxylic acids is 9. The van der Waals surface area contributed by atoms with E-state index in [4.69, 9.17) is 102 Å². The lowest BCUT2D eigenvalue weighted by Gasteiger charge is -2.40. The zero-order chi connectivity index (χ0) is 68.5. The van der Waals surface area contributed by atoms with Crippen molar-refractivity contribution in [2.24, 2.45) is 48.9 Å². The minimum Gasteiger partial charge on any atom is -0.478 e. The fourth-order valence-electron chi connectivity index (χ4n) is 9.17. The SMILES string of the molecule is C#CCOCCOCCOCCOCCC(=O)N(CC(C=NCCNC(=O)CO[C@@H]([C@@H]1OC(C(=O)OC)=C[C@H](N=C(N)N)[C@H]1NC(C)=O)[C@H]1COC(=O)O1)=NN)Cc1cn(CCNC(=O)CO[C@@H]([C@@H]2OC(C(=O)OC)=C[C@H](N=C(N)N)[C@H]2NC(C)=O)[C@H]2COC(=O)O2)nn1. The molecule has 10 atom stereocenters. The number of cyclic esters (lactones) is 4. The molecule has 5 rings (SSSR count). The Bertz CT molecular complexity index is 2980. The summed E-state index contributed by atoms with van der Waals surface area (Å²) in [4.78, 5) is 129. The van der Waals surface area contributed by atoms with Crippen molar-refractivity contribution in [3.8, 4) is 12.3 Å². The molecule has 0 saturated carbocycles. The largest absolute Gasteiger partial charge is 0.508 e. The topological polar surface area (TPSA) is 544 Å². The third-order valence-electron chi connectivity index (χ3n) is 13.2. The van der Waals surface area contributed by atoms with Crippen LogP contribution in [0.5, 0.6) is 0 Å². The van der Waals surface area contributed by atoms with Gasteiger partial charge in [-0.15, -0.1) is 11.5 Å². The summed E-state index contributed by atoms with van der Waals surface area (Å²) >= 11 is 0. The van der Waals surface area contributed by atoms with E-state index >= 15 is 0 Å². The molecule has 5 heterocycles. The van der Waals surface area contributed by atoms with Gasteiger partial charge in [-0.05, 0) is 12.2 Å². The van der Waals surface area contributed by atoms with Gasteiger partial charge in [0.2, 0.25) is 41.1 Å². The number of nitrogens with one attached hydrogen (secondary N) is 4. The number of carbonyl (C=O) groups is 9. The molecule has 1 aromatic rings. The van der Waals surface area contributed by atoms with Crippen molar-refractivity contribution in [2.45, 2.75) is 94.1 Å². The first-order chi connectivity index (χ1) is 45.1. The van der Waals surface area contributed by atoms with Gasteiger partial charge >= 0.3 is 24.2 Å². The number of ether oxygens (including phenoxy) is 14. The Hall–Kier alpha value is -9.95. The highest BCUT2D eigenvalue weighted by molar-refractivity contribution is 6.31. The van der Waals surface area contributed by atoms with Gasteiger partial charge in [-0.2, -0.15) is 5.10 Å². The molecular formula is C54H79N17O23.